The second-order valence-electron chi connectivity index (χ2n) is 8.59. The summed E-state index contributed by atoms with van der Waals surface area (Å²) in [4.78, 5) is 29.1. The summed E-state index contributed by atoms with van der Waals surface area (Å²) in [5.74, 6) is -0.258. The number of nitrogens with one attached hydrogen (secondary N) is 3. The van der Waals surface area contributed by atoms with Gasteiger partial charge in [0.1, 0.15) is 0 Å². The molecule has 2 aromatic heterocycles. The number of rotatable bonds is 5. The van der Waals surface area contributed by atoms with Crippen LogP contribution in [0.1, 0.15) is 35.3 Å². The van der Waals surface area contributed by atoms with Gasteiger partial charge in [-0.15, -0.1) is 0 Å². The Bertz CT molecular complexity index is 1460. The Labute approximate surface area is 202 Å². The molecular formula is C26H25N7O2. The van der Waals surface area contributed by atoms with Crippen LogP contribution in [0, 0.1) is 18.3 Å². The van der Waals surface area contributed by atoms with Crippen LogP contribution in [0.15, 0.2) is 60.9 Å². The highest BCUT2D eigenvalue weighted by molar-refractivity contribution is 6.05. The van der Waals surface area contributed by atoms with E-state index in [1.54, 1.807) is 47.2 Å². The lowest BCUT2D eigenvalue weighted by Gasteiger charge is -2.16. The van der Waals surface area contributed by atoms with Gasteiger partial charge in [0.2, 0.25) is 0 Å². The average Bonchev–Trinajstić information content (AvgIpc) is 3.34. The van der Waals surface area contributed by atoms with Crippen LogP contribution >= 0.6 is 0 Å². The molecule has 9 nitrogen and oxygen atoms in total. The predicted molar refractivity (Wildman–Crippen MR) is 134 cm³/mol. The van der Waals surface area contributed by atoms with Gasteiger partial charge in [-0.25, -0.2) is 14.3 Å². The summed E-state index contributed by atoms with van der Waals surface area (Å²) < 4.78 is 1.59. The number of aromatic nitrogens is 3. The third-order valence-electron chi connectivity index (χ3n) is 5.84. The minimum absolute atomic E-state index is 0.258. The van der Waals surface area contributed by atoms with Crippen molar-refractivity contribution in [1.29, 1.82) is 5.26 Å². The Morgan fingerprint density at radius 2 is 1.80 bits per heavy atom. The van der Waals surface area contributed by atoms with Crippen molar-refractivity contribution in [3.63, 3.8) is 0 Å². The molecule has 3 amide bonds. The van der Waals surface area contributed by atoms with Crippen LogP contribution in [0.25, 0.3) is 16.9 Å². The number of carbonyl (C=O) groups is 2. The molecule has 0 unspecified atom stereocenters. The molecule has 0 spiro atoms. The third-order valence-corrected chi connectivity index (χ3v) is 5.84. The summed E-state index contributed by atoms with van der Waals surface area (Å²) >= 11 is 0. The van der Waals surface area contributed by atoms with Crippen molar-refractivity contribution in [2.75, 3.05) is 17.7 Å². The second kappa shape index (κ2) is 9.27. The van der Waals surface area contributed by atoms with E-state index in [-0.39, 0.29) is 11.9 Å². The molecule has 0 saturated carbocycles. The summed E-state index contributed by atoms with van der Waals surface area (Å²) in [7, 11) is 1.54. The number of fused-ring (bicyclic) bond motifs is 1. The molecule has 0 radical (unpaired) electrons. The van der Waals surface area contributed by atoms with E-state index in [1.807, 2.05) is 39.0 Å². The number of hydrogen-bond acceptors (Lipinski definition) is 5. The fraction of sp³-hybridized carbons (Fsp3) is 0.192. The molecule has 0 fully saturated rings. The van der Waals surface area contributed by atoms with Gasteiger partial charge in [-0.1, -0.05) is 24.3 Å². The number of hydrogen-bond donors (Lipinski definition) is 3. The maximum Gasteiger partial charge on any atom is 0.319 e. The highest BCUT2D eigenvalue weighted by atomic mass is 16.2. The van der Waals surface area contributed by atoms with Gasteiger partial charge >= 0.3 is 6.03 Å². The zero-order chi connectivity index (χ0) is 25.2. The topological polar surface area (TPSA) is 124 Å². The number of anilines is 2. The summed E-state index contributed by atoms with van der Waals surface area (Å²) in [5.41, 5.74) is 4.59. The van der Waals surface area contributed by atoms with E-state index < -0.39 is 5.41 Å². The van der Waals surface area contributed by atoms with Gasteiger partial charge in [0.25, 0.3) is 5.91 Å². The van der Waals surface area contributed by atoms with Crippen molar-refractivity contribution < 1.29 is 9.59 Å². The maximum atomic E-state index is 12.9. The highest BCUT2D eigenvalue weighted by Gasteiger charge is 2.20. The van der Waals surface area contributed by atoms with E-state index in [4.69, 9.17) is 0 Å². The van der Waals surface area contributed by atoms with Crippen LogP contribution in [-0.4, -0.2) is 33.6 Å². The van der Waals surface area contributed by atoms with Crippen LogP contribution < -0.4 is 16.0 Å². The lowest BCUT2D eigenvalue weighted by Crippen LogP contribution is -2.25. The van der Waals surface area contributed by atoms with Crippen LogP contribution in [0.2, 0.25) is 0 Å². The van der Waals surface area contributed by atoms with Gasteiger partial charge in [0.05, 0.1) is 22.9 Å². The predicted octanol–water partition coefficient (Wildman–Crippen LogP) is 4.51. The summed E-state index contributed by atoms with van der Waals surface area (Å²) in [6, 6.07) is 16.2. The molecule has 4 rings (SSSR count). The van der Waals surface area contributed by atoms with Crippen LogP contribution in [-0.2, 0) is 5.41 Å². The standard InChI is InChI=1S/C26H25N7O2/c1-16-19(21-14-22(31-25(35)28-4)23-29-12-13-33(23)32-21)6-5-7-20(16)30-24(34)17-8-10-18(11-9-17)26(2,3)15-27/h5-14H,1-4H3,(H,30,34)(H2,28,31,35). The number of nitrogens with zero attached hydrogens (tertiary/aromatic N) is 4. The second-order valence-corrected chi connectivity index (χ2v) is 8.59. The Balaban J connectivity index is 1.64. The van der Waals surface area contributed by atoms with Gasteiger partial charge < -0.3 is 16.0 Å². The molecule has 0 atom stereocenters. The van der Waals surface area contributed by atoms with E-state index in [2.05, 4.69) is 32.1 Å². The lowest BCUT2D eigenvalue weighted by molar-refractivity contribution is 0.102. The van der Waals surface area contributed by atoms with E-state index in [0.717, 1.165) is 16.7 Å². The molecule has 0 aliphatic rings. The zero-order valence-corrected chi connectivity index (χ0v) is 19.9. The van der Waals surface area contributed by atoms with Gasteiger partial charge in [-0.2, -0.15) is 10.4 Å². The van der Waals surface area contributed by atoms with Crippen molar-refractivity contribution in [2.45, 2.75) is 26.2 Å². The summed E-state index contributed by atoms with van der Waals surface area (Å²) in [6.45, 7) is 5.57. The number of imidazole rings is 1. The number of carbonyl (C=O) groups excluding carboxylic acids is 2. The Kier molecular flexibility index (Phi) is 6.21. The molecule has 9 heteroatoms. The van der Waals surface area contributed by atoms with E-state index in [9.17, 15) is 14.9 Å². The first-order valence-corrected chi connectivity index (χ1v) is 11.0. The van der Waals surface area contributed by atoms with Gasteiger partial charge in [-0.3, -0.25) is 4.79 Å². The smallest absolute Gasteiger partial charge is 0.319 e. The molecular weight excluding hydrogens is 442 g/mol. The molecule has 0 saturated heterocycles. The minimum Gasteiger partial charge on any atom is -0.341 e. The Morgan fingerprint density at radius 1 is 1.06 bits per heavy atom. The van der Waals surface area contributed by atoms with Crippen molar-refractivity contribution in [3.05, 3.63) is 77.6 Å². The van der Waals surface area contributed by atoms with Crippen LogP contribution in [0.3, 0.4) is 0 Å². The zero-order valence-electron chi connectivity index (χ0n) is 19.9. The fourth-order valence-electron chi connectivity index (χ4n) is 3.67. The van der Waals surface area contributed by atoms with Crippen molar-refractivity contribution in [2.24, 2.45) is 0 Å². The number of nitriles is 1. The molecule has 2 heterocycles. The fourth-order valence-corrected chi connectivity index (χ4v) is 3.67. The van der Waals surface area contributed by atoms with Crippen molar-refractivity contribution >= 4 is 29.0 Å². The summed E-state index contributed by atoms with van der Waals surface area (Å²) in [5, 5.41) is 22.2. The number of urea groups is 1. The molecule has 3 N–H and O–H groups in total. The lowest BCUT2D eigenvalue weighted by atomic mass is 9.86. The first-order chi connectivity index (χ1) is 16.7. The molecule has 35 heavy (non-hydrogen) atoms. The molecule has 0 bridgehead atoms. The quantitative estimate of drug-likeness (QED) is 0.398. The van der Waals surface area contributed by atoms with Crippen LogP contribution in [0.4, 0.5) is 16.2 Å². The van der Waals surface area contributed by atoms with E-state index in [0.29, 0.717) is 28.3 Å². The SMILES string of the molecule is CNC(=O)Nc1cc(-c2cccc(NC(=O)c3ccc(C(C)(C)C#N)cc3)c2C)nn2ccnc12. The first-order valence-electron chi connectivity index (χ1n) is 11.0. The minimum atomic E-state index is -0.630. The van der Waals surface area contributed by atoms with E-state index >= 15 is 0 Å². The third kappa shape index (κ3) is 4.68. The largest absolute Gasteiger partial charge is 0.341 e. The Morgan fingerprint density at radius 3 is 2.49 bits per heavy atom. The average molecular weight is 468 g/mol. The highest BCUT2D eigenvalue weighted by Crippen LogP contribution is 2.30. The Hall–Kier alpha value is -4.71. The number of amides is 3. The molecule has 0 aliphatic heterocycles. The molecule has 0 aliphatic carbocycles. The first kappa shape index (κ1) is 23.4. The van der Waals surface area contributed by atoms with E-state index in [1.165, 1.54) is 7.05 Å². The van der Waals surface area contributed by atoms with Gasteiger partial charge in [0, 0.05) is 36.3 Å². The van der Waals surface area contributed by atoms with Crippen molar-refractivity contribution in [1.82, 2.24) is 19.9 Å². The van der Waals surface area contributed by atoms with Gasteiger partial charge in [-0.05, 0) is 56.2 Å². The number of benzene rings is 2. The van der Waals surface area contributed by atoms with Crippen LogP contribution in [0.5, 0.6) is 0 Å². The summed E-state index contributed by atoms with van der Waals surface area (Å²) in [6.07, 6.45) is 3.31. The molecule has 2 aromatic carbocycles. The maximum absolute atomic E-state index is 12.9. The monoisotopic (exact) mass is 467 g/mol. The normalized spacial score (nSPS) is 11.1. The van der Waals surface area contributed by atoms with Gasteiger partial charge in [0.15, 0.2) is 5.65 Å². The van der Waals surface area contributed by atoms with Crippen molar-refractivity contribution in [3.8, 4) is 17.3 Å². The molecule has 176 valence electrons. The molecule has 4 aromatic rings.